The van der Waals surface area contributed by atoms with E-state index in [1.807, 2.05) is 36.6 Å². The quantitative estimate of drug-likeness (QED) is 0.881. The first-order valence-corrected chi connectivity index (χ1v) is 8.73. The van der Waals surface area contributed by atoms with Crippen LogP contribution in [0.3, 0.4) is 0 Å². The third kappa shape index (κ3) is 3.54. The van der Waals surface area contributed by atoms with E-state index in [4.69, 9.17) is 4.74 Å². The molecule has 0 saturated carbocycles. The Labute approximate surface area is 134 Å². The lowest BCUT2D eigenvalue weighted by Gasteiger charge is -2.23. The summed E-state index contributed by atoms with van der Waals surface area (Å²) in [6.45, 7) is 1.95. The molecule has 0 aliphatic carbocycles. The van der Waals surface area contributed by atoms with Crippen LogP contribution < -0.4 is 15.6 Å². The van der Waals surface area contributed by atoms with Gasteiger partial charge in [0.25, 0.3) is 5.56 Å². The molecule has 0 unspecified atom stereocenters. The highest BCUT2D eigenvalue weighted by atomic mass is 32.2. The van der Waals surface area contributed by atoms with E-state index in [-0.39, 0.29) is 11.7 Å². The van der Waals surface area contributed by atoms with E-state index < -0.39 is 0 Å². The highest BCUT2D eigenvalue weighted by molar-refractivity contribution is 7.98. The summed E-state index contributed by atoms with van der Waals surface area (Å²) in [5, 5.41) is 3.30. The van der Waals surface area contributed by atoms with Gasteiger partial charge in [0.15, 0.2) is 0 Å². The lowest BCUT2D eigenvalue weighted by Crippen LogP contribution is -2.34. The van der Waals surface area contributed by atoms with Crippen molar-refractivity contribution in [3.8, 4) is 11.4 Å². The van der Waals surface area contributed by atoms with Crippen LogP contribution in [0, 0.1) is 0 Å². The lowest BCUT2D eigenvalue weighted by atomic mass is 10.1. The second-order valence-electron chi connectivity index (χ2n) is 5.34. The van der Waals surface area contributed by atoms with E-state index in [0.717, 1.165) is 31.6 Å². The standard InChI is InChI=1S/C17H20N2O2S/c1-22-16-4-2-13(3-5-16)19-11-8-15(12-17(19)20)21-14-6-9-18-10-7-14/h2-5,8,11-12,14,18H,6-7,9-10H2,1H3. The summed E-state index contributed by atoms with van der Waals surface area (Å²) in [7, 11) is 0. The first kappa shape index (κ1) is 15.2. The molecule has 1 saturated heterocycles. The molecule has 116 valence electrons. The predicted octanol–water partition coefficient (Wildman–Crippen LogP) is 2.69. The van der Waals surface area contributed by atoms with Gasteiger partial charge in [-0.3, -0.25) is 9.36 Å². The molecule has 0 bridgehead atoms. The van der Waals surface area contributed by atoms with E-state index in [1.54, 1.807) is 28.6 Å². The van der Waals surface area contributed by atoms with Crippen LogP contribution in [0.25, 0.3) is 5.69 Å². The van der Waals surface area contributed by atoms with Gasteiger partial charge in [0.1, 0.15) is 11.9 Å². The number of piperidine rings is 1. The molecular formula is C17H20N2O2S. The monoisotopic (exact) mass is 316 g/mol. The van der Waals surface area contributed by atoms with Crippen molar-refractivity contribution in [1.82, 2.24) is 9.88 Å². The first-order chi connectivity index (χ1) is 10.8. The number of pyridine rings is 1. The summed E-state index contributed by atoms with van der Waals surface area (Å²) < 4.78 is 7.55. The maximum Gasteiger partial charge on any atom is 0.258 e. The van der Waals surface area contributed by atoms with E-state index in [1.165, 1.54) is 4.90 Å². The molecule has 0 radical (unpaired) electrons. The Morgan fingerprint density at radius 3 is 2.55 bits per heavy atom. The Bertz CT molecular complexity index is 676. The molecule has 1 aromatic heterocycles. The van der Waals surface area contributed by atoms with Crippen LogP contribution in [0.5, 0.6) is 5.75 Å². The minimum Gasteiger partial charge on any atom is -0.490 e. The average Bonchev–Trinajstić information content (AvgIpc) is 2.56. The molecule has 1 fully saturated rings. The number of rotatable bonds is 4. The summed E-state index contributed by atoms with van der Waals surface area (Å²) in [4.78, 5) is 13.5. The van der Waals surface area contributed by atoms with Crippen molar-refractivity contribution in [2.24, 2.45) is 0 Å². The van der Waals surface area contributed by atoms with Gasteiger partial charge in [-0.15, -0.1) is 11.8 Å². The molecule has 1 aliphatic heterocycles. The smallest absolute Gasteiger partial charge is 0.258 e. The van der Waals surface area contributed by atoms with Crippen LogP contribution in [0.2, 0.25) is 0 Å². The second-order valence-corrected chi connectivity index (χ2v) is 6.22. The van der Waals surface area contributed by atoms with E-state index in [0.29, 0.717) is 5.75 Å². The molecule has 3 rings (SSSR count). The number of benzene rings is 1. The third-order valence-corrected chi connectivity index (χ3v) is 4.57. The van der Waals surface area contributed by atoms with E-state index in [9.17, 15) is 4.79 Å². The number of nitrogens with zero attached hydrogens (tertiary/aromatic N) is 1. The zero-order valence-electron chi connectivity index (χ0n) is 12.6. The van der Waals surface area contributed by atoms with Gasteiger partial charge in [0, 0.05) is 22.8 Å². The first-order valence-electron chi connectivity index (χ1n) is 7.51. The van der Waals surface area contributed by atoms with Crippen LogP contribution in [0.15, 0.2) is 52.3 Å². The largest absolute Gasteiger partial charge is 0.490 e. The van der Waals surface area contributed by atoms with Crippen molar-refractivity contribution in [3.63, 3.8) is 0 Å². The normalized spacial score (nSPS) is 15.7. The van der Waals surface area contributed by atoms with Crippen LogP contribution in [-0.2, 0) is 0 Å². The van der Waals surface area contributed by atoms with Crippen LogP contribution in [0.1, 0.15) is 12.8 Å². The average molecular weight is 316 g/mol. The van der Waals surface area contributed by atoms with E-state index in [2.05, 4.69) is 5.32 Å². The number of hydrogen-bond donors (Lipinski definition) is 1. The number of aromatic nitrogens is 1. The molecule has 4 nitrogen and oxygen atoms in total. The lowest BCUT2D eigenvalue weighted by molar-refractivity contribution is 0.162. The van der Waals surface area contributed by atoms with Crippen molar-refractivity contribution >= 4 is 11.8 Å². The molecule has 1 aliphatic rings. The Hall–Kier alpha value is -1.72. The summed E-state index contributed by atoms with van der Waals surface area (Å²) in [6.07, 6.45) is 6.00. The molecule has 2 heterocycles. The van der Waals surface area contributed by atoms with Crippen LogP contribution >= 0.6 is 11.8 Å². The highest BCUT2D eigenvalue weighted by Gasteiger charge is 2.14. The minimum atomic E-state index is -0.0664. The van der Waals surface area contributed by atoms with Crippen molar-refractivity contribution in [3.05, 3.63) is 52.9 Å². The van der Waals surface area contributed by atoms with E-state index >= 15 is 0 Å². The molecule has 2 aromatic rings. The van der Waals surface area contributed by atoms with Crippen molar-refractivity contribution in [2.45, 2.75) is 23.8 Å². The molecule has 1 aromatic carbocycles. The fourth-order valence-electron chi connectivity index (χ4n) is 2.60. The van der Waals surface area contributed by atoms with Crippen molar-refractivity contribution < 1.29 is 4.74 Å². The highest BCUT2D eigenvalue weighted by Crippen LogP contribution is 2.18. The number of ether oxygens (including phenoxy) is 1. The van der Waals surface area contributed by atoms with Crippen molar-refractivity contribution in [1.29, 1.82) is 0 Å². The van der Waals surface area contributed by atoms with Gasteiger partial charge in [-0.2, -0.15) is 0 Å². The second kappa shape index (κ2) is 7.03. The zero-order valence-corrected chi connectivity index (χ0v) is 13.4. The maximum atomic E-state index is 12.3. The molecular weight excluding hydrogens is 296 g/mol. The van der Waals surface area contributed by atoms with Gasteiger partial charge in [0.2, 0.25) is 0 Å². The molecule has 0 spiro atoms. The molecule has 0 atom stereocenters. The SMILES string of the molecule is CSc1ccc(-n2ccc(OC3CCNCC3)cc2=O)cc1. The fourth-order valence-corrected chi connectivity index (χ4v) is 3.00. The number of thioether (sulfide) groups is 1. The van der Waals surface area contributed by atoms with Crippen LogP contribution in [0.4, 0.5) is 0 Å². The predicted molar refractivity (Wildman–Crippen MR) is 90.3 cm³/mol. The molecule has 5 heteroatoms. The third-order valence-electron chi connectivity index (χ3n) is 3.83. The Balaban J connectivity index is 1.77. The number of nitrogens with one attached hydrogen (secondary N) is 1. The van der Waals surface area contributed by atoms with Gasteiger partial charge in [0.05, 0.1) is 0 Å². The molecule has 22 heavy (non-hydrogen) atoms. The van der Waals surface area contributed by atoms with Gasteiger partial charge >= 0.3 is 0 Å². The van der Waals surface area contributed by atoms with Crippen LogP contribution in [-0.4, -0.2) is 30.0 Å². The van der Waals surface area contributed by atoms with Gasteiger partial charge < -0.3 is 10.1 Å². The van der Waals surface area contributed by atoms with Crippen molar-refractivity contribution in [2.75, 3.05) is 19.3 Å². The zero-order chi connectivity index (χ0) is 15.4. The van der Waals surface area contributed by atoms with Gasteiger partial charge in [-0.05, 0) is 62.5 Å². The Morgan fingerprint density at radius 1 is 1.18 bits per heavy atom. The van der Waals surface area contributed by atoms with Gasteiger partial charge in [-0.25, -0.2) is 0 Å². The fraction of sp³-hybridized carbons (Fsp3) is 0.353. The Kier molecular flexibility index (Phi) is 4.85. The van der Waals surface area contributed by atoms with Gasteiger partial charge in [-0.1, -0.05) is 0 Å². The molecule has 1 N–H and O–H groups in total. The Morgan fingerprint density at radius 2 is 1.91 bits per heavy atom. The molecule has 0 amide bonds. The maximum absolute atomic E-state index is 12.3. The summed E-state index contributed by atoms with van der Waals surface area (Å²) in [5.41, 5.74) is 0.805. The summed E-state index contributed by atoms with van der Waals surface area (Å²) in [6, 6.07) is 11.4. The summed E-state index contributed by atoms with van der Waals surface area (Å²) in [5.74, 6) is 0.661. The summed E-state index contributed by atoms with van der Waals surface area (Å²) >= 11 is 1.69. The number of hydrogen-bond acceptors (Lipinski definition) is 4. The topological polar surface area (TPSA) is 43.3 Å². The minimum absolute atomic E-state index is 0.0664.